The Balaban J connectivity index is 2.06. The fourth-order valence-corrected chi connectivity index (χ4v) is 2.82. The van der Waals surface area contributed by atoms with Crippen LogP contribution in [-0.4, -0.2) is 33.2 Å². The van der Waals surface area contributed by atoms with Gasteiger partial charge in [0.2, 0.25) is 5.91 Å². The fraction of sp³-hybridized carbons (Fsp3) is 0.462. The Bertz CT molecular complexity index is 566. The van der Waals surface area contributed by atoms with Gasteiger partial charge >= 0.3 is 0 Å². The van der Waals surface area contributed by atoms with Crippen molar-refractivity contribution in [2.45, 2.75) is 24.3 Å². The lowest BCUT2D eigenvalue weighted by Crippen LogP contribution is -2.39. The average molecular weight is 282 g/mol. The van der Waals surface area contributed by atoms with Gasteiger partial charge in [-0.15, -0.1) is 0 Å². The molecule has 1 fully saturated rings. The summed E-state index contributed by atoms with van der Waals surface area (Å²) in [6.07, 6.45) is 2.15. The Hall–Kier alpha value is -1.40. The number of anilines is 1. The smallest absolute Gasteiger partial charge is 0.241 e. The van der Waals surface area contributed by atoms with Gasteiger partial charge in [-0.3, -0.25) is 4.79 Å². The minimum atomic E-state index is -3.20. The lowest BCUT2D eigenvalue weighted by Gasteiger charge is -2.15. The van der Waals surface area contributed by atoms with Gasteiger partial charge in [0.25, 0.3) is 0 Å². The zero-order valence-electron chi connectivity index (χ0n) is 11.0. The van der Waals surface area contributed by atoms with Crippen molar-refractivity contribution in [2.75, 3.05) is 18.1 Å². The van der Waals surface area contributed by atoms with E-state index < -0.39 is 9.84 Å². The van der Waals surface area contributed by atoms with Crippen LogP contribution in [0, 0.1) is 5.92 Å². The molecular formula is C13H18N2O3S. The normalized spacial score (nSPS) is 23.3. The predicted octanol–water partition coefficient (Wildman–Crippen LogP) is 1.03. The number of hydrogen-bond donors (Lipinski definition) is 2. The third-order valence-corrected chi connectivity index (χ3v) is 4.49. The molecule has 1 amide bonds. The summed E-state index contributed by atoms with van der Waals surface area (Å²) in [5.74, 6) is 0.243. The topological polar surface area (TPSA) is 75.3 Å². The van der Waals surface area contributed by atoms with Crippen molar-refractivity contribution >= 4 is 21.4 Å². The Morgan fingerprint density at radius 1 is 1.32 bits per heavy atom. The van der Waals surface area contributed by atoms with E-state index in [0.29, 0.717) is 11.6 Å². The quantitative estimate of drug-likeness (QED) is 0.868. The number of sulfone groups is 1. The van der Waals surface area contributed by atoms with E-state index in [9.17, 15) is 13.2 Å². The lowest BCUT2D eigenvalue weighted by atomic mass is 10.0. The van der Waals surface area contributed by atoms with Crippen LogP contribution in [0.5, 0.6) is 0 Å². The molecule has 0 saturated carbocycles. The third kappa shape index (κ3) is 3.33. The lowest BCUT2D eigenvalue weighted by molar-refractivity contribution is -0.118. The molecule has 0 bridgehead atoms. The van der Waals surface area contributed by atoms with Crippen molar-refractivity contribution in [2.24, 2.45) is 5.92 Å². The first-order valence-corrected chi connectivity index (χ1v) is 8.11. The summed E-state index contributed by atoms with van der Waals surface area (Å²) >= 11 is 0. The Kier molecular flexibility index (Phi) is 3.91. The molecule has 104 valence electrons. The molecular weight excluding hydrogens is 264 g/mol. The highest BCUT2D eigenvalue weighted by Gasteiger charge is 2.29. The van der Waals surface area contributed by atoms with Crippen molar-refractivity contribution < 1.29 is 13.2 Å². The van der Waals surface area contributed by atoms with Crippen molar-refractivity contribution in [3.05, 3.63) is 24.3 Å². The second kappa shape index (κ2) is 5.30. The molecule has 0 aromatic heterocycles. The van der Waals surface area contributed by atoms with E-state index in [0.717, 1.165) is 19.2 Å². The molecule has 1 saturated heterocycles. The highest BCUT2D eigenvalue weighted by molar-refractivity contribution is 7.90. The van der Waals surface area contributed by atoms with Crippen LogP contribution in [-0.2, 0) is 14.6 Å². The monoisotopic (exact) mass is 282 g/mol. The van der Waals surface area contributed by atoms with Crippen LogP contribution in [0.25, 0.3) is 0 Å². The van der Waals surface area contributed by atoms with E-state index >= 15 is 0 Å². The van der Waals surface area contributed by atoms with Gasteiger partial charge in [-0.05, 0) is 43.1 Å². The Labute approximate surface area is 113 Å². The molecule has 6 heteroatoms. The van der Waals surface area contributed by atoms with E-state index in [1.54, 1.807) is 12.1 Å². The number of benzene rings is 1. The van der Waals surface area contributed by atoms with Crippen LogP contribution < -0.4 is 10.6 Å². The van der Waals surface area contributed by atoms with Crippen molar-refractivity contribution in [3.63, 3.8) is 0 Å². The number of hydrogen-bond acceptors (Lipinski definition) is 4. The molecule has 0 aliphatic carbocycles. The summed E-state index contributed by atoms with van der Waals surface area (Å²) in [4.78, 5) is 12.3. The maximum absolute atomic E-state index is 12.0. The summed E-state index contributed by atoms with van der Waals surface area (Å²) in [6.45, 7) is 2.89. The molecule has 2 atom stereocenters. The summed E-state index contributed by atoms with van der Waals surface area (Å²) < 4.78 is 22.6. The first-order valence-electron chi connectivity index (χ1n) is 6.22. The SMILES string of the molecule is CC1CCNC1C(=O)Nc1ccc(S(C)(=O)=O)cc1. The van der Waals surface area contributed by atoms with Crippen molar-refractivity contribution in [1.82, 2.24) is 5.32 Å². The second-order valence-electron chi connectivity index (χ2n) is 4.98. The zero-order chi connectivity index (χ0) is 14.0. The van der Waals surface area contributed by atoms with Gasteiger partial charge < -0.3 is 10.6 Å². The summed E-state index contributed by atoms with van der Waals surface area (Å²) in [7, 11) is -3.20. The molecule has 2 N–H and O–H groups in total. The largest absolute Gasteiger partial charge is 0.325 e. The highest BCUT2D eigenvalue weighted by atomic mass is 32.2. The van der Waals surface area contributed by atoms with Gasteiger partial charge in [-0.1, -0.05) is 6.92 Å². The molecule has 2 rings (SSSR count). The third-order valence-electron chi connectivity index (χ3n) is 3.37. The van der Waals surface area contributed by atoms with Crippen LogP contribution in [0.3, 0.4) is 0 Å². The molecule has 0 spiro atoms. The van der Waals surface area contributed by atoms with Crippen LogP contribution in [0.2, 0.25) is 0 Å². The van der Waals surface area contributed by atoms with Crippen molar-refractivity contribution in [3.8, 4) is 0 Å². The number of rotatable bonds is 3. The van der Waals surface area contributed by atoms with E-state index in [1.165, 1.54) is 12.1 Å². The minimum absolute atomic E-state index is 0.0721. The molecule has 1 aliphatic rings. The molecule has 1 aromatic carbocycles. The van der Waals surface area contributed by atoms with Crippen LogP contribution in [0.15, 0.2) is 29.2 Å². The van der Waals surface area contributed by atoms with Gasteiger partial charge in [0.1, 0.15) is 0 Å². The van der Waals surface area contributed by atoms with Crippen molar-refractivity contribution in [1.29, 1.82) is 0 Å². The number of amides is 1. The van der Waals surface area contributed by atoms with E-state index in [4.69, 9.17) is 0 Å². The molecule has 19 heavy (non-hydrogen) atoms. The number of carbonyl (C=O) groups is 1. The molecule has 1 aliphatic heterocycles. The van der Waals surface area contributed by atoms with Crippen LogP contribution in [0.1, 0.15) is 13.3 Å². The molecule has 1 heterocycles. The summed E-state index contributed by atoms with van der Waals surface area (Å²) in [5, 5.41) is 5.95. The summed E-state index contributed by atoms with van der Waals surface area (Å²) in [6, 6.07) is 6.03. The van der Waals surface area contributed by atoms with E-state index in [2.05, 4.69) is 10.6 Å². The molecule has 1 aromatic rings. The van der Waals surface area contributed by atoms with Crippen LogP contribution >= 0.6 is 0 Å². The molecule has 5 nitrogen and oxygen atoms in total. The maximum Gasteiger partial charge on any atom is 0.241 e. The highest BCUT2D eigenvalue weighted by Crippen LogP contribution is 2.18. The second-order valence-corrected chi connectivity index (χ2v) is 7.00. The average Bonchev–Trinajstić information content (AvgIpc) is 2.75. The van der Waals surface area contributed by atoms with E-state index in [1.807, 2.05) is 6.92 Å². The molecule has 0 radical (unpaired) electrons. The van der Waals surface area contributed by atoms with E-state index in [-0.39, 0.29) is 16.8 Å². The van der Waals surface area contributed by atoms with Gasteiger partial charge in [0.15, 0.2) is 9.84 Å². The number of carbonyl (C=O) groups excluding carboxylic acids is 1. The standard InChI is InChI=1S/C13H18N2O3S/c1-9-7-8-14-12(9)13(16)15-10-3-5-11(6-4-10)19(2,17)18/h3-6,9,12,14H,7-8H2,1-2H3,(H,15,16). The predicted molar refractivity (Wildman–Crippen MR) is 73.8 cm³/mol. The minimum Gasteiger partial charge on any atom is -0.325 e. The zero-order valence-corrected chi connectivity index (χ0v) is 11.8. The first-order chi connectivity index (χ1) is 8.88. The molecule has 2 unspecified atom stereocenters. The van der Waals surface area contributed by atoms with Crippen LogP contribution in [0.4, 0.5) is 5.69 Å². The Morgan fingerprint density at radius 3 is 2.42 bits per heavy atom. The first kappa shape index (κ1) is 14.0. The van der Waals surface area contributed by atoms with Gasteiger partial charge in [0.05, 0.1) is 10.9 Å². The summed E-state index contributed by atoms with van der Waals surface area (Å²) in [5.41, 5.74) is 0.610. The number of nitrogens with one attached hydrogen (secondary N) is 2. The van der Waals surface area contributed by atoms with Gasteiger partial charge in [-0.2, -0.15) is 0 Å². The maximum atomic E-state index is 12.0. The van der Waals surface area contributed by atoms with Gasteiger partial charge in [-0.25, -0.2) is 8.42 Å². The Morgan fingerprint density at radius 2 is 1.95 bits per heavy atom. The van der Waals surface area contributed by atoms with Gasteiger partial charge in [0, 0.05) is 11.9 Å². The fourth-order valence-electron chi connectivity index (χ4n) is 2.19.